The van der Waals surface area contributed by atoms with Crippen LogP contribution < -0.4 is 0 Å². The SMILES string of the molecule is CC(C)(O)C1=CC[C@@]23CO[C@@H](C2)[C@](O)(C(=O)O)CC[C@H]13. The van der Waals surface area contributed by atoms with Gasteiger partial charge in [-0.3, -0.25) is 0 Å². The molecule has 0 radical (unpaired) electrons. The summed E-state index contributed by atoms with van der Waals surface area (Å²) in [5, 5.41) is 30.1. The Morgan fingerprint density at radius 2 is 2.20 bits per heavy atom. The standard InChI is InChI=1S/C15H22O5/c1-13(2,18)9-3-5-14-7-11(20-8-14)15(19,12(16)17)6-4-10(9)14/h3,10-11,18-19H,4-8H2,1-2H3,(H,16,17)/t10-,11+,14+,15+/m1/s1. The lowest BCUT2D eigenvalue weighted by atomic mass is 9.71. The van der Waals surface area contributed by atoms with Crippen LogP contribution in [0, 0.1) is 11.3 Å². The van der Waals surface area contributed by atoms with E-state index in [-0.39, 0.29) is 17.8 Å². The van der Waals surface area contributed by atoms with Crippen molar-refractivity contribution < 1.29 is 24.9 Å². The first kappa shape index (κ1) is 14.0. The van der Waals surface area contributed by atoms with E-state index in [0.29, 0.717) is 19.4 Å². The van der Waals surface area contributed by atoms with Crippen molar-refractivity contribution in [3.05, 3.63) is 11.6 Å². The van der Waals surface area contributed by atoms with Crippen LogP contribution in [0.2, 0.25) is 0 Å². The van der Waals surface area contributed by atoms with E-state index >= 15 is 0 Å². The quantitative estimate of drug-likeness (QED) is 0.660. The fourth-order valence-electron chi connectivity index (χ4n) is 4.28. The largest absolute Gasteiger partial charge is 0.479 e. The van der Waals surface area contributed by atoms with E-state index in [1.54, 1.807) is 13.8 Å². The number of hydrogen-bond donors (Lipinski definition) is 3. The monoisotopic (exact) mass is 282 g/mol. The van der Waals surface area contributed by atoms with Crippen LogP contribution in [0.25, 0.3) is 0 Å². The van der Waals surface area contributed by atoms with E-state index in [1.807, 2.05) is 0 Å². The minimum absolute atomic E-state index is 0.0980. The Hall–Kier alpha value is -0.910. The predicted molar refractivity (Wildman–Crippen MR) is 71.1 cm³/mol. The topological polar surface area (TPSA) is 87.0 Å². The zero-order chi connectivity index (χ0) is 14.8. The molecule has 5 nitrogen and oxygen atoms in total. The Balaban J connectivity index is 1.96. The van der Waals surface area contributed by atoms with Gasteiger partial charge in [-0.05, 0) is 51.0 Å². The molecule has 1 heterocycles. The summed E-state index contributed by atoms with van der Waals surface area (Å²) in [4.78, 5) is 11.4. The highest BCUT2D eigenvalue weighted by molar-refractivity contribution is 5.78. The van der Waals surface area contributed by atoms with Crippen molar-refractivity contribution in [2.24, 2.45) is 11.3 Å². The smallest absolute Gasteiger partial charge is 0.338 e. The zero-order valence-corrected chi connectivity index (χ0v) is 11.9. The molecule has 112 valence electrons. The number of fused-ring (bicyclic) bond motifs is 1. The Kier molecular flexibility index (Phi) is 2.85. The van der Waals surface area contributed by atoms with Crippen LogP contribution in [-0.2, 0) is 9.53 Å². The lowest BCUT2D eigenvalue weighted by Crippen LogP contribution is -2.49. The van der Waals surface area contributed by atoms with Crippen LogP contribution in [-0.4, -0.2) is 45.2 Å². The van der Waals surface area contributed by atoms with Crippen LogP contribution >= 0.6 is 0 Å². The molecule has 3 rings (SSSR count). The molecule has 20 heavy (non-hydrogen) atoms. The number of carboxylic acids is 1. The zero-order valence-electron chi connectivity index (χ0n) is 11.9. The summed E-state index contributed by atoms with van der Waals surface area (Å²) in [7, 11) is 0. The number of aliphatic carboxylic acids is 1. The molecule has 2 fully saturated rings. The first-order valence-corrected chi connectivity index (χ1v) is 7.19. The summed E-state index contributed by atoms with van der Waals surface area (Å²) in [6.07, 6.45) is 3.55. The number of rotatable bonds is 2. The molecule has 2 bridgehead atoms. The summed E-state index contributed by atoms with van der Waals surface area (Å²) >= 11 is 0. The molecule has 1 spiro atoms. The van der Waals surface area contributed by atoms with Crippen LogP contribution in [0.3, 0.4) is 0 Å². The van der Waals surface area contributed by atoms with Crippen molar-refractivity contribution in [2.45, 2.75) is 56.8 Å². The molecule has 3 N–H and O–H groups in total. The maximum atomic E-state index is 11.4. The van der Waals surface area contributed by atoms with E-state index in [4.69, 9.17) is 4.74 Å². The molecule has 1 aliphatic heterocycles. The lowest BCUT2D eigenvalue weighted by Gasteiger charge is -2.35. The van der Waals surface area contributed by atoms with Crippen molar-refractivity contribution in [3.63, 3.8) is 0 Å². The van der Waals surface area contributed by atoms with Crippen LogP contribution in [0.4, 0.5) is 0 Å². The van der Waals surface area contributed by atoms with E-state index < -0.39 is 23.3 Å². The van der Waals surface area contributed by atoms with E-state index in [1.165, 1.54) is 0 Å². The van der Waals surface area contributed by atoms with Crippen molar-refractivity contribution in [1.29, 1.82) is 0 Å². The van der Waals surface area contributed by atoms with Gasteiger partial charge in [0.25, 0.3) is 0 Å². The van der Waals surface area contributed by atoms with Crippen molar-refractivity contribution >= 4 is 5.97 Å². The summed E-state index contributed by atoms with van der Waals surface area (Å²) in [5.74, 6) is -1.10. The molecule has 0 aromatic carbocycles. The van der Waals surface area contributed by atoms with Gasteiger partial charge in [0.15, 0.2) is 5.60 Å². The average Bonchev–Trinajstić information content (AvgIpc) is 2.88. The van der Waals surface area contributed by atoms with E-state index in [0.717, 1.165) is 12.0 Å². The van der Waals surface area contributed by atoms with E-state index in [2.05, 4.69) is 6.08 Å². The van der Waals surface area contributed by atoms with Gasteiger partial charge in [0.05, 0.1) is 18.3 Å². The first-order chi connectivity index (χ1) is 9.19. The normalized spacial score (nSPS) is 43.9. The fourth-order valence-corrected chi connectivity index (χ4v) is 4.28. The van der Waals surface area contributed by atoms with Crippen molar-refractivity contribution in [2.75, 3.05) is 6.61 Å². The fraction of sp³-hybridized carbons (Fsp3) is 0.800. The molecule has 2 aliphatic carbocycles. The first-order valence-electron chi connectivity index (χ1n) is 7.19. The highest BCUT2D eigenvalue weighted by atomic mass is 16.5. The minimum Gasteiger partial charge on any atom is -0.479 e. The second kappa shape index (κ2) is 4.06. The van der Waals surface area contributed by atoms with Crippen molar-refractivity contribution in [3.8, 4) is 0 Å². The highest BCUT2D eigenvalue weighted by Crippen LogP contribution is 2.58. The molecular weight excluding hydrogens is 260 g/mol. The third kappa shape index (κ3) is 1.76. The van der Waals surface area contributed by atoms with Crippen molar-refractivity contribution in [1.82, 2.24) is 0 Å². The molecule has 0 aromatic rings. The summed E-state index contributed by atoms with van der Waals surface area (Å²) in [5.41, 5.74) is -1.87. The number of allylic oxidation sites excluding steroid dienone is 1. The molecule has 0 amide bonds. The van der Waals surface area contributed by atoms with Crippen LogP contribution in [0.1, 0.15) is 39.5 Å². The Morgan fingerprint density at radius 1 is 1.50 bits per heavy atom. The Morgan fingerprint density at radius 3 is 2.80 bits per heavy atom. The van der Waals surface area contributed by atoms with E-state index in [9.17, 15) is 20.1 Å². The highest BCUT2D eigenvalue weighted by Gasteiger charge is 2.61. The second-order valence-electron chi connectivity index (χ2n) is 7.11. The molecular formula is C15H22O5. The summed E-state index contributed by atoms with van der Waals surface area (Å²) in [6.45, 7) is 3.99. The third-order valence-electron chi connectivity index (χ3n) is 5.43. The maximum Gasteiger partial charge on any atom is 0.338 e. The molecule has 1 saturated heterocycles. The number of carbonyl (C=O) groups is 1. The van der Waals surface area contributed by atoms with Gasteiger partial charge in [-0.15, -0.1) is 0 Å². The number of carboxylic acid groups (broad SMARTS) is 1. The van der Waals surface area contributed by atoms with Gasteiger partial charge < -0.3 is 20.1 Å². The third-order valence-corrected chi connectivity index (χ3v) is 5.43. The molecule has 0 aromatic heterocycles. The number of ether oxygens (including phenoxy) is 1. The van der Waals surface area contributed by atoms with Gasteiger partial charge in [-0.1, -0.05) is 6.08 Å². The molecule has 5 heteroatoms. The lowest BCUT2D eigenvalue weighted by molar-refractivity contribution is -0.175. The maximum absolute atomic E-state index is 11.4. The Labute approximate surface area is 118 Å². The van der Waals surface area contributed by atoms with Crippen LogP contribution in [0.15, 0.2) is 11.6 Å². The van der Waals surface area contributed by atoms with Crippen LogP contribution in [0.5, 0.6) is 0 Å². The molecule has 0 unspecified atom stereocenters. The summed E-state index contributed by atoms with van der Waals surface area (Å²) in [6, 6.07) is 0. The predicted octanol–water partition coefficient (Wildman–Crippen LogP) is 1.09. The van der Waals surface area contributed by atoms with Gasteiger partial charge in [-0.2, -0.15) is 0 Å². The molecule has 1 saturated carbocycles. The minimum atomic E-state index is -1.79. The van der Waals surface area contributed by atoms with Gasteiger partial charge in [0.2, 0.25) is 0 Å². The Bertz CT molecular complexity index is 477. The average molecular weight is 282 g/mol. The van der Waals surface area contributed by atoms with Gasteiger partial charge >= 0.3 is 5.97 Å². The van der Waals surface area contributed by atoms with Gasteiger partial charge in [0.1, 0.15) is 0 Å². The van der Waals surface area contributed by atoms with Gasteiger partial charge in [-0.25, -0.2) is 4.79 Å². The second-order valence-corrected chi connectivity index (χ2v) is 7.11. The number of aliphatic hydroxyl groups is 2. The molecule has 3 aliphatic rings. The summed E-state index contributed by atoms with van der Waals surface area (Å²) < 4.78 is 5.65. The number of hydrogen-bond acceptors (Lipinski definition) is 4. The van der Waals surface area contributed by atoms with Gasteiger partial charge in [0, 0.05) is 5.41 Å². The molecule has 4 atom stereocenters.